The molecule has 5 rings (SSSR count). The summed E-state index contributed by atoms with van der Waals surface area (Å²) in [6.45, 7) is 0. The Morgan fingerprint density at radius 3 is 2.66 bits per heavy atom. The molecule has 1 aliphatic heterocycles. The average molecular weight is 436 g/mol. The first-order valence-corrected chi connectivity index (χ1v) is 10.6. The van der Waals surface area contributed by atoms with Crippen LogP contribution in [0.4, 0.5) is 11.4 Å². The smallest absolute Gasteiger partial charge is 0.310 e. The SMILES string of the molecule is COc1ccc(NC(=O)c2cccc(NC(=O)[C@H]3[C@H]4C[C@H]5[C@@H]3C(=O)O[C@H]5C4)c2)c(OC)c1. The number of fused-ring (bicyclic) bond motifs is 1. The van der Waals surface area contributed by atoms with Crippen LogP contribution in [-0.2, 0) is 14.3 Å². The third-order valence-corrected chi connectivity index (χ3v) is 6.84. The van der Waals surface area contributed by atoms with Gasteiger partial charge in [-0.05, 0) is 49.1 Å². The molecule has 166 valence electrons. The lowest BCUT2D eigenvalue weighted by atomic mass is 9.79. The van der Waals surface area contributed by atoms with E-state index in [1.807, 2.05) is 0 Å². The predicted molar refractivity (Wildman–Crippen MR) is 116 cm³/mol. The van der Waals surface area contributed by atoms with Gasteiger partial charge in [0.1, 0.15) is 17.6 Å². The highest BCUT2D eigenvalue weighted by atomic mass is 16.6. The molecule has 2 saturated carbocycles. The molecule has 2 aromatic rings. The van der Waals surface area contributed by atoms with Crippen LogP contribution in [0, 0.1) is 23.7 Å². The van der Waals surface area contributed by atoms with Crippen LogP contribution in [0.5, 0.6) is 11.5 Å². The highest BCUT2D eigenvalue weighted by molar-refractivity contribution is 6.06. The first-order valence-electron chi connectivity index (χ1n) is 10.6. The van der Waals surface area contributed by atoms with Crippen LogP contribution in [0.2, 0.25) is 0 Å². The summed E-state index contributed by atoms with van der Waals surface area (Å²) in [5.74, 6) is -0.0548. The molecule has 1 heterocycles. The minimum Gasteiger partial charge on any atom is -0.497 e. The maximum Gasteiger partial charge on any atom is 0.310 e. The fourth-order valence-electron chi connectivity index (χ4n) is 5.42. The zero-order valence-electron chi connectivity index (χ0n) is 17.8. The Balaban J connectivity index is 1.29. The first kappa shape index (κ1) is 20.4. The van der Waals surface area contributed by atoms with Crippen molar-refractivity contribution >= 4 is 29.2 Å². The minimum atomic E-state index is -0.368. The van der Waals surface area contributed by atoms with Crippen molar-refractivity contribution in [1.82, 2.24) is 0 Å². The minimum absolute atomic E-state index is 0.0106. The number of hydrogen-bond acceptors (Lipinski definition) is 6. The van der Waals surface area contributed by atoms with Gasteiger partial charge in [-0.3, -0.25) is 14.4 Å². The molecule has 3 fully saturated rings. The van der Waals surface area contributed by atoms with E-state index in [4.69, 9.17) is 14.2 Å². The molecule has 2 aromatic carbocycles. The van der Waals surface area contributed by atoms with E-state index in [1.54, 1.807) is 49.6 Å². The summed E-state index contributed by atoms with van der Waals surface area (Å²) in [5, 5.41) is 5.72. The van der Waals surface area contributed by atoms with E-state index in [0.29, 0.717) is 28.4 Å². The number of amides is 2. The Bertz CT molecular complexity index is 1100. The molecule has 8 heteroatoms. The van der Waals surface area contributed by atoms with Gasteiger partial charge in [-0.2, -0.15) is 0 Å². The summed E-state index contributed by atoms with van der Waals surface area (Å²) in [5.41, 5.74) is 1.40. The number of benzene rings is 2. The van der Waals surface area contributed by atoms with E-state index in [-0.39, 0.29) is 47.6 Å². The van der Waals surface area contributed by atoms with Gasteiger partial charge in [-0.25, -0.2) is 0 Å². The number of carbonyl (C=O) groups excluding carboxylic acids is 3. The van der Waals surface area contributed by atoms with Gasteiger partial charge in [0.25, 0.3) is 5.91 Å². The van der Waals surface area contributed by atoms with Crippen LogP contribution in [0.3, 0.4) is 0 Å². The summed E-state index contributed by atoms with van der Waals surface area (Å²) in [6.07, 6.45) is 1.62. The fourth-order valence-corrected chi connectivity index (χ4v) is 5.42. The van der Waals surface area contributed by atoms with Crippen molar-refractivity contribution in [2.75, 3.05) is 24.9 Å². The molecule has 2 aliphatic carbocycles. The first-order chi connectivity index (χ1) is 15.5. The Labute approximate surface area is 185 Å². The van der Waals surface area contributed by atoms with Gasteiger partial charge in [-0.1, -0.05) is 6.07 Å². The quantitative estimate of drug-likeness (QED) is 0.675. The lowest BCUT2D eigenvalue weighted by Gasteiger charge is -2.23. The molecule has 8 nitrogen and oxygen atoms in total. The molecule has 3 aliphatic rings. The molecule has 5 atom stereocenters. The molecular weight excluding hydrogens is 412 g/mol. The standard InChI is InChI=1S/C24H24N2O6/c1-30-15-6-7-17(19(11-15)31-2)26-22(27)12-4-3-5-14(8-12)25-23(28)20-13-9-16-18(10-13)32-24(29)21(16)20/h3-8,11,13,16,18,20-21H,9-10H2,1-2H3,(H,25,28)(H,26,27)/t13-,16+,18-,20-,21-/m0/s1. The highest BCUT2D eigenvalue weighted by Gasteiger charge is 2.63. The number of rotatable bonds is 6. The van der Waals surface area contributed by atoms with Crippen molar-refractivity contribution in [1.29, 1.82) is 0 Å². The van der Waals surface area contributed by atoms with Crippen molar-refractivity contribution in [3.63, 3.8) is 0 Å². The van der Waals surface area contributed by atoms with Crippen LogP contribution >= 0.6 is 0 Å². The van der Waals surface area contributed by atoms with E-state index in [2.05, 4.69) is 10.6 Å². The molecule has 2 bridgehead atoms. The summed E-state index contributed by atoms with van der Waals surface area (Å²) < 4.78 is 15.9. The van der Waals surface area contributed by atoms with E-state index in [0.717, 1.165) is 12.8 Å². The number of esters is 1. The average Bonchev–Trinajstić information content (AvgIpc) is 3.42. The van der Waals surface area contributed by atoms with Crippen LogP contribution < -0.4 is 20.1 Å². The van der Waals surface area contributed by atoms with Crippen LogP contribution in [-0.4, -0.2) is 38.1 Å². The monoisotopic (exact) mass is 436 g/mol. The lowest BCUT2D eigenvalue weighted by Crippen LogP contribution is -2.35. The van der Waals surface area contributed by atoms with Crippen molar-refractivity contribution in [2.24, 2.45) is 23.7 Å². The largest absolute Gasteiger partial charge is 0.497 e. The molecule has 0 spiro atoms. The van der Waals surface area contributed by atoms with Crippen molar-refractivity contribution in [3.05, 3.63) is 48.0 Å². The zero-order chi connectivity index (χ0) is 22.4. The molecule has 0 radical (unpaired) electrons. The Morgan fingerprint density at radius 2 is 1.88 bits per heavy atom. The number of methoxy groups -OCH3 is 2. The second-order valence-corrected chi connectivity index (χ2v) is 8.51. The molecule has 32 heavy (non-hydrogen) atoms. The molecule has 1 saturated heterocycles. The van der Waals surface area contributed by atoms with E-state index >= 15 is 0 Å². The molecule has 0 aromatic heterocycles. The maximum absolute atomic E-state index is 13.0. The van der Waals surface area contributed by atoms with Gasteiger partial charge in [0.05, 0.1) is 31.7 Å². The molecule has 2 amide bonds. The van der Waals surface area contributed by atoms with E-state index in [1.165, 1.54) is 7.11 Å². The van der Waals surface area contributed by atoms with E-state index in [9.17, 15) is 14.4 Å². The molecule has 0 unspecified atom stereocenters. The van der Waals surface area contributed by atoms with Crippen LogP contribution in [0.25, 0.3) is 0 Å². The van der Waals surface area contributed by atoms with Gasteiger partial charge < -0.3 is 24.8 Å². The highest BCUT2D eigenvalue weighted by Crippen LogP contribution is 2.57. The summed E-state index contributed by atoms with van der Waals surface area (Å²) >= 11 is 0. The van der Waals surface area contributed by atoms with Gasteiger partial charge in [-0.15, -0.1) is 0 Å². The number of hydrogen-bond donors (Lipinski definition) is 2. The third kappa shape index (κ3) is 3.36. The second-order valence-electron chi connectivity index (χ2n) is 8.51. The van der Waals surface area contributed by atoms with Crippen LogP contribution in [0.1, 0.15) is 23.2 Å². The van der Waals surface area contributed by atoms with Crippen LogP contribution in [0.15, 0.2) is 42.5 Å². The van der Waals surface area contributed by atoms with Gasteiger partial charge >= 0.3 is 5.97 Å². The Kier molecular flexibility index (Phi) is 5.00. The number of ether oxygens (including phenoxy) is 3. The van der Waals surface area contributed by atoms with Crippen molar-refractivity contribution < 1.29 is 28.6 Å². The summed E-state index contributed by atoms with van der Waals surface area (Å²) in [6, 6.07) is 11.8. The number of carbonyl (C=O) groups is 3. The summed E-state index contributed by atoms with van der Waals surface area (Å²) in [7, 11) is 3.07. The number of anilines is 2. The summed E-state index contributed by atoms with van der Waals surface area (Å²) in [4.78, 5) is 38.0. The van der Waals surface area contributed by atoms with Gasteiger partial charge in [0, 0.05) is 23.2 Å². The molecular formula is C24H24N2O6. The number of nitrogens with one attached hydrogen (secondary N) is 2. The van der Waals surface area contributed by atoms with Crippen molar-refractivity contribution in [2.45, 2.75) is 18.9 Å². The second kappa shape index (κ2) is 7.85. The van der Waals surface area contributed by atoms with Crippen molar-refractivity contribution in [3.8, 4) is 11.5 Å². The normalized spacial score (nSPS) is 27.1. The lowest BCUT2D eigenvalue weighted by molar-refractivity contribution is -0.145. The Hall–Kier alpha value is -3.55. The maximum atomic E-state index is 13.0. The van der Waals surface area contributed by atoms with Gasteiger partial charge in [0.15, 0.2) is 0 Å². The third-order valence-electron chi connectivity index (χ3n) is 6.84. The molecule has 2 N–H and O–H groups in total. The fraction of sp³-hybridized carbons (Fsp3) is 0.375. The predicted octanol–water partition coefficient (Wildman–Crippen LogP) is 3.09. The Morgan fingerprint density at radius 1 is 1.03 bits per heavy atom. The zero-order valence-corrected chi connectivity index (χ0v) is 17.8. The topological polar surface area (TPSA) is 103 Å². The van der Waals surface area contributed by atoms with E-state index < -0.39 is 0 Å². The van der Waals surface area contributed by atoms with Gasteiger partial charge in [0.2, 0.25) is 5.91 Å².